The molecule has 1 heterocycles. The molecule has 0 aliphatic heterocycles. The topological polar surface area (TPSA) is 30.0 Å². The number of pyridine rings is 1. The summed E-state index contributed by atoms with van der Waals surface area (Å²) in [6.07, 6.45) is 5.57. The molecule has 0 aromatic carbocycles. The molecule has 0 bridgehead atoms. The van der Waals surface area contributed by atoms with E-state index in [2.05, 4.69) is 4.98 Å². The minimum Gasteiger partial charge on any atom is -0.303 e. The second-order valence-electron chi connectivity index (χ2n) is 3.64. The number of aromatic nitrogens is 1. The molecule has 1 aromatic heterocycles. The van der Waals surface area contributed by atoms with Crippen molar-refractivity contribution in [3.05, 3.63) is 29.0 Å². The zero-order chi connectivity index (χ0) is 9.31. The third kappa shape index (κ3) is 1.89. The molecule has 0 atom stereocenters. The van der Waals surface area contributed by atoms with Gasteiger partial charge in [0.05, 0.1) is 0 Å². The maximum atomic E-state index is 10.7. The van der Waals surface area contributed by atoms with Gasteiger partial charge in [-0.1, -0.05) is 11.6 Å². The van der Waals surface area contributed by atoms with Gasteiger partial charge in [-0.15, -0.1) is 0 Å². The molecule has 2 rings (SSSR count). The first-order valence-corrected chi connectivity index (χ1v) is 4.69. The Kier molecular flexibility index (Phi) is 2.08. The normalized spacial score (nSPS) is 18.2. The smallest absolute Gasteiger partial charge is 0.129 e. The highest BCUT2D eigenvalue weighted by molar-refractivity contribution is 6.29. The first kappa shape index (κ1) is 8.70. The van der Waals surface area contributed by atoms with Crippen molar-refractivity contribution in [2.75, 3.05) is 0 Å². The summed E-state index contributed by atoms with van der Waals surface area (Å²) in [4.78, 5) is 14.6. The van der Waals surface area contributed by atoms with Crippen LogP contribution in [0, 0.1) is 5.41 Å². The number of aldehydes is 1. The standard InChI is InChI=1S/C10H10ClNO/c11-9-5-8(1-4-12-9)6-10(7-13)2-3-10/h1,4-5,7H,2-3,6H2. The molecule has 13 heavy (non-hydrogen) atoms. The van der Waals surface area contributed by atoms with Crippen LogP contribution in [-0.2, 0) is 11.2 Å². The van der Waals surface area contributed by atoms with Crippen molar-refractivity contribution in [1.29, 1.82) is 0 Å². The lowest BCUT2D eigenvalue weighted by atomic mass is 9.99. The SMILES string of the molecule is O=CC1(Cc2ccnc(Cl)c2)CC1. The van der Waals surface area contributed by atoms with Crippen LogP contribution in [0.3, 0.4) is 0 Å². The number of rotatable bonds is 3. The van der Waals surface area contributed by atoms with Gasteiger partial charge in [-0.2, -0.15) is 0 Å². The predicted octanol–water partition coefficient (Wildman–Crippen LogP) is 2.26. The first-order chi connectivity index (χ1) is 6.24. The van der Waals surface area contributed by atoms with Crippen molar-refractivity contribution in [3.63, 3.8) is 0 Å². The summed E-state index contributed by atoms with van der Waals surface area (Å²) in [5.74, 6) is 0. The molecule has 1 fully saturated rings. The van der Waals surface area contributed by atoms with Crippen molar-refractivity contribution in [2.45, 2.75) is 19.3 Å². The van der Waals surface area contributed by atoms with Gasteiger partial charge in [-0.05, 0) is 37.0 Å². The van der Waals surface area contributed by atoms with E-state index in [1.54, 1.807) is 6.20 Å². The van der Waals surface area contributed by atoms with E-state index in [9.17, 15) is 4.79 Å². The average Bonchev–Trinajstić information content (AvgIpc) is 2.86. The molecule has 0 radical (unpaired) electrons. The summed E-state index contributed by atoms with van der Waals surface area (Å²) in [5, 5.41) is 0.499. The minimum atomic E-state index is -0.0787. The number of hydrogen-bond acceptors (Lipinski definition) is 2. The highest BCUT2D eigenvalue weighted by atomic mass is 35.5. The van der Waals surface area contributed by atoms with E-state index in [0.717, 1.165) is 31.1 Å². The second kappa shape index (κ2) is 3.11. The Morgan fingerprint density at radius 2 is 2.38 bits per heavy atom. The van der Waals surface area contributed by atoms with Crippen LogP contribution in [0.5, 0.6) is 0 Å². The summed E-state index contributed by atoms with van der Waals surface area (Å²) >= 11 is 5.74. The highest BCUT2D eigenvalue weighted by Crippen LogP contribution is 2.46. The molecule has 0 saturated heterocycles. The lowest BCUT2D eigenvalue weighted by Gasteiger charge is -2.05. The van der Waals surface area contributed by atoms with E-state index in [-0.39, 0.29) is 5.41 Å². The number of halogens is 1. The quantitative estimate of drug-likeness (QED) is 0.547. The van der Waals surface area contributed by atoms with Gasteiger partial charge in [0, 0.05) is 11.6 Å². The van der Waals surface area contributed by atoms with Crippen LogP contribution in [0.2, 0.25) is 5.15 Å². The largest absolute Gasteiger partial charge is 0.303 e. The van der Waals surface area contributed by atoms with Crippen molar-refractivity contribution in [1.82, 2.24) is 4.98 Å². The molecule has 1 aliphatic carbocycles. The van der Waals surface area contributed by atoms with Crippen molar-refractivity contribution in [2.24, 2.45) is 5.41 Å². The third-order valence-corrected chi connectivity index (χ3v) is 2.70. The monoisotopic (exact) mass is 195 g/mol. The Balaban J connectivity index is 2.14. The van der Waals surface area contributed by atoms with Crippen molar-refractivity contribution >= 4 is 17.9 Å². The van der Waals surface area contributed by atoms with Crippen LogP contribution >= 0.6 is 11.6 Å². The molecule has 0 N–H and O–H groups in total. The van der Waals surface area contributed by atoms with Gasteiger partial charge in [0.2, 0.25) is 0 Å². The lowest BCUT2D eigenvalue weighted by Crippen LogP contribution is -2.06. The summed E-state index contributed by atoms with van der Waals surface area (Å²) in [7, 11) is 0. The Morgan fingerprint density at radius 1 is 1.62 bits per heavy atom. The van der Waals surface area contributed by atoms with Gasteiger partial charge >= 0.3 is 0 Å². The van der Waals surface area contributed by atoms with E-state index in [1.165, 1.54) is 0 Å². The summed E-state index contributed by atoms with van der Waals surface area (Å²) in [6.45, 7) is 0. The molecule has 68 valence electrons. The van der Waals surface area contributed by atoms with Crippen LogP contribution in [0.15, 0.2) is 18.3 Å². The lowest BCUT2D eigenvalue weighted by molar-refractivity contribution is -0.112. The van der Waals surface area contributed by atoms with E-state index < -0.39 is 0 Å². The molecule has 1 saturated carbocycles. The van der Waals surface area contributed by atoms with Crippen LogP contribution < -0.4 is 0 Å². The molecule has 2 nitrogen and oxygen atoms in total. The maximum absolute atomic E-state index is 10.7. The molecule has 0 spiro atoms. The Hall–Kier alpha value is -0.890. The van der Waals surface area contributed by atoms with E-state index in [0.29, 0.717) is 5.15 Å². The van der Waals surface area contributed by atoms with Gasteiger partial charge in [0.25, 0.3) is 0 Å². The fourth-order valence-corrected chi connectivity index (χ4v) is 1.65. The zero-order valence-corrected chi connectivity index (χ0v) is 7.92. The van der Waals surface area contributed by atoms with Gasteiger partial charge in [-0.25, -0.2) is 4.98 Å². The summed E-state index contributed by atoms with van der Waals surface area (Å²) < 4.78 is 0. The first-order valence-electron chi connectivity index (χ1n) is 4.31. The van der Waals surface area contributed by atoms with Crippen LogP contribution in [-0.4, -0.2) is 11.3 Å². The fourth-order valence-electron chi connectivity index (χ4n) is 1.46. The summed E-state index contributed by atoms with van der Waals surface area (Å²) in [6, 6.07) is 3.74. The number of carbonyl (C=O) groups excluding carboxylic acids is 1. The van der Waals surface area contributed by atoms with Crippen LogP contribution in [0.25, 0.3) is 0 Å². The van der Waals surface area contributed by atoms with E-state index in [1.807, 2.05) is 12.1 Å². The van der Waals surface area contributed by atoms with Crippen LogP contribution in [0.1, 0.15) is 18.4 Å². The fraction of sp³-hybridized carbons (Fsp3) is 0.400. The predicted molar refractivity (Wildman–Crippen MR) is 50.7 cm³/mol. The van der Waals surface area contributed by atoms with Gasteiger partial charge < -0.3 is 4.79 Å². The molecule has 1 aromatic rings. The number of nitrogens with zero attached hydrogens (tertiary/aromatic N) is 1. The Morgan fingerprint density at radius 3 is 2.92 bits per heavy atom. The minimum absolute atomic E-state index is 0.0787. The van der Waals surface area contributed by atoms with Gasteiger partial charge in [0.15, 0.2) is 0 Å². The van der Waals surface area contributed by atoms with Crippen molar-refractivity contribution < 1.29 is 4.79 Å². The Bertz CT molecular complexity index is 333. The summed E-state index contributed by atoms with van der Waals surface area (Å²) in [5.41, 5.74) is 1.02. The maximum Gasteiger partial charge on any atom is 0.129 e. The average molecular weight is 196 g/mol. The van der Waals surface area contributed by atoms with Gasteiger partial charge in [0.1, 0.15) is 11.4 Å². The molecular formula is C10H10ClNO. The zero-order valence-electron chi connectivity index (χ0n) is 7.16. The molecule has 0 amide bonds. The third-order valence-electron chi connectivity index (χ3n) is 2.49. The molecule has 1 aliphatic rings. The van der Waals surface area contributed by atoms with Gasteiger partial charge in [-0.3, -0.25) is 0 Å². The van der Waals surface area contributed by atoms with Crippen LogP contribution in [0.4, 0.5) is 0 Å². The number of carbonyl (C=O) groups is 1. The molecular weight excluding hydrogens is 186 g/mol. The Labute approximate surface area is 81.9 Å². The van der Waals surface area contributed by atoms with E-state index in [4.69, 9.17) is 11.6 Å². The number of hydrogen-bond donors (Lipinski definition) is 0. The second-order valence-corrected chi connectivity index (χ2v) is 4.03. The van der Waals surface area contributed by atoms with Crippen molar-refractivity contribution in [3.8, 4) is 0 Å². The molecule has 0 unspecified atom stereocenters. The molecule has 3 heteroatoms. The highest BCUT2D eigenvalue weighted by Gasteiger charge is 2.42. The van der Waals surface area contributed by atoms with E-state index >= 15 is 0 Å².